The number of carbonyl (C=O) groups excluding carboxylic acids is 1. The van der Waals surface area contributed by atoms with E-state index < -0.39 is 10.0 Å². The number of thiophene rings is 1. The van der Waals surface area contributed by atoms with E-state index in [9.17, 15) is 13.2 Å². The molecule has 1 aliphatic rings. The first-order chi connectivity index (χ1) is 19.8. The van der Waals surface area contributed by atoms with Crippen LogP contribution in [0.25, 0.3) is 10.6 Å². The number of rotatable bonds is 10. The average Bonchev–Trinajstić information content (AvgIpc) is 3.47. The van der Waals surface area contributed by atoms with E-state index in [1.165, 1.54) is 21.9 Å². The van der Waals surface area contributed by atoms with Crippen LogP contribution in [0.1, 0.15) is 20.8 Å². The lowest BCUT2D eigenvalue weighted by Gasteiger charge is -2.33. The first-order valence-electron chi connectivity index (χ1n) is 13.1. The molecule has 0 spiro atoms. The molecule has 1 amide bonds. The predicted octanol–water partition coefficient (Wildman–Crippen LogP) is 3.96. The zero-order valence-corrected chi connectivity index (χ0v) is 24.5. The van der Waals surface area contributed by atoms with Crippen LogP contribution in [0.5, 0.6) is 5.75 Å². The third-order valence-corrected chi connectivity index (χ3v) is 9.12. The maximum atomic E-state index is 12.8. The van der Waals surface area contributed by atoms with E-state index in [4.69, 9.17) is 4.74 Å². The van der Waals surface area contributed by atoms with E-state index in [-0.39, 0.29) is 5.91 Å². The molecule has 214 valence electrons. The predicted molar refractivity (Wildman–Crippen MR) is 161 cm³/mol. The van der Waals surface area contributed by atoms with Gasteiger partial charge in [-0.2, -0.15) is 4.31 Å². The summed E-state index contributed by atoms with van der Waals surface area (Å²) in [5.74, 6) is 1.06. The standard InChI is InChI=1S/C29H32N6O4S2/c1-39-24-8-4-5-21(18-24)19-31-28(36)27-10-9-26(40-27)25-11-12-30-29(33-25)32-23-7-3-6-22(17-23)20-34-13-15-35(16-14-34)41(2,37)38/h3-12,17-18H,13-16,19-20H2,1-2H3,(H,31,36)(H,30,32,33). The Labute approximate surface area is 244 Å². The number of methoxy groups -OCH3 is 1. The van der Waals surface area contributed by atoms with Crippen LogP contribution in [0.4, 0.5) is 11.6 Å². The molecule has 0 bridgehead atoms. The van der Waals surface area contributed by atoms with E-state index >= 15 is 0 Å². The number of carbonyl (C=O) groups is 1. The second-order valence-corrected chi connectivity index (χ2v) is 12.8. The smallest absolute Gasteiger partial charge is 0.261 e. The molecule has 0 unspecified atom stereocenters. The van der Waals surface area contributed by atoms with Gasteiger partial charge in [0.25, 0.3) is 5.91 Å². The summed E-state index contributed by atoms with van der Waals surface area (Å²) in [6.45, 7) is 3.53. The molecule has 5 rings (SSSR count). The van der Waals surface area contributed by atoms with Crippen molar-refractivity contribution in [2.24, 2.45) is 0 Å². The highest BCUT2D eigenvalue weighted by Crippen LogP contribution is 2.28. The molecule has 0 saturated carbocycles. The van der Waals surface area contributed by atoms with Crippen molar-refractivity contribution in [1.82, 2.24) is 24.5 Å². The first-order valence-corrected chi connectivity index (χ1v) is 15.8. The Balaban J connectivity index is 1.19. The average molecular weight is 593 g/mol. The Morgan fingerprint density at radius 2 is 1.78 bits per heavy atom. The van der Waals surface area contributed by atoms with Gasteiger partial charge in [-0.05, 0) is 53.6 Å². The fourth-order valence-electron chi connectivity index (χ4n) is 4.56. The summed E-state index contributed by atoms with van der Waals surface area (Å²) in [5, 5.41) is 6.24. The molecule has 2 aromatic heterocycles. The van der Waals surface area contributed by atoms with Crippen molar-refractivity contribution in [1.29, 1.82) is 0 Å². The SMILES string of the molecule is COc1cccc(CNC(=O)c2ccc(-c3ccnc(Nc4cccc(CN5CCN(S(C)(=O)=O)CC5)c4)n3)s2)c1. The second kappa shape index (κ2) is 12.8. The molecular formula is C29H32N6O4S2. The Morgan fingerprint density at radius 1 is 1.00 bits per heavy atom. The molecule has 41 heavy (non-hydrogen) atoms. The van der Waals surface area contributed by atoms with Gasteiger partial charge in [-0.15, -0.1) is 11.3 Å². The van der Waals surface area contributed by atoms with Gasteiger partial charge >= 0.3 is 0 Å². The summed E-state index contributed by atoms with van der Waals surface area (Å²) in [7, 11) is -1.53. The van der Waals surface area contributed by atoms with Crippen molar-refractivity contribution < 1.29 is 17.9 Å². The first kappa shape index (κ1) is 28.7. The molecule has 2 N–H and O–H groups in total. The summed E-state index contributed by atoms with van der Waals surface area (Å²) in [4.78, 5) is 25.5. The number of benzene rings is 2. The minimum absolute atomic E-state index is 0.147. The van der Waals surface area contributed by atoms with Gasteiger partial charge in [0.05, 0.1) is 28.8 Å². The molecule has 3 heterocycles. The molecule has 0 aliphatic carbocycles. The molecule has 1 aliphatic heterocycles. The number of sulfonamides is 1. The number of nitrogens with zero attached hydrogens (tertiary/aromatic N) is 4. The van der Waals surface area contributed by atoms with Gasteiger partial charge < -0.3 is 15.4 Å². The van der Waals surface area contributed by atoms with E-state index in [1.807, 2.05) is 48.5 Å². The summed E-state index contributed by atoms with van der Waals surface area (Å²) < 4.78 is 30.3. The van der Waals surface area contributed by atoms with Crippen molar-refractivity contribution in [2.75, 3.05) is 44.9 Å². The summed E-state index contributed by atoms with van der Waals surface area (Å²) >= 11 is 1.37. The molecule has 0 atom stereocenters. The quantitative estimate of drug-likeness (QED) is 0.284. The minimum atomic E-state index is -3.15. The van der Waals surface area contributed by atoms with Crippen LogP contribution in [0.3, 0.4) is 0 Å². The number of anilines is 2. The van der Waals surface area contributed by atoms with Crippen LogP contribution in [0.2, 0.25) is 0 Å². The third kappa shape index (κ3) is 7.67. The Morgan fingerprint density at radius 3 is 2.56 bits per heavy atom. The molecule has 0 radical (unpaired) electrons. The van der Waals surface area contributed by atoms with Crippen molar-refractivity contribution in [3.63, 3.8) is 0 Å². The topological polar surface area (TPSA) is 117 Å². The zero-order valence-electron chi connectivity index (χ0n) is 22.9. The van der Waals surface area contributed by atoms with E-state index in [1.54, 1.807) is 19.4 Å². The largest absolute Gasteiger partial charge is 0.497 e. The van der Waals surface area contributed by atoms with Crippen LogP contribution in [-0.2, 0) is 23.1 Å². The van der Waals surface area contributed by atoms with Crippen LogP contribution in [0, 0.1) is 0 Å². The monoisotopic (exact) mass is 592 g/mol. The summed E-state index contributed by atoms with van der Waals surface area (Å²) in [5.41, 5.74) is 3.65. The highest BCUT2D eigenvalue weighted by molar-refractivity contribution is 7.88. The number of amides is 1. The molecule has 10 nitrogen and oxygen atoms in total. The molecular weight excluding hydrogens is 560 g/mol. The van der Waals surface area contributed by atoms with Crippen molar-refractivity contribution in [3.8, 4) is 16.3 Å². The lowest BCUT2D eigenvalue weighted by Crippen LogP contribution is -2.47. The van der Waals surface area contributed by atoms with Gasteiger partial charge in [0.1, 0.15) is 5.75 Å². The number of ether oxygens (including phenoxy) is 1. The molecule has 12 heteroatoms. The minimum Gasteiger partial charge on any atom is -0.497 e. The summed E-state index contributed by atoms with van der Waals surface area (Å²) in [6, 6.07) is 21.1. The molecule has 1 fully saturated rings. The Kier molecular flexibility index (Phi) is 8.93. The highest BCUT2D eigenvalue weighted by atomic mass is 32.2. The maximum absolute atomic E-state index is 12.8. The van der Waals surface area contributed by atoms with E-state index in [0.717, 1.165) is 39.7 Å². The number of nitrogens with one attached hydrogen (secondary N) is 2. The van der Waals surface area contributed by atoms with Gasteiger partial charge in [0, 0.05) is 51.2 Å². The Bertz CT molecular complexity index is 1620. The van der Waals surface area contributed by atoms with Gasteiger partial charge in [0.2, 0.25) is 16.0 Å². The lowest BCUT2D eigenvalue weighted by molar-refractivity contribution is 0.0955. The zero-order chi connectivity index (χ0) is 28.8. The summed E-state index contributed by atoms with van der Waals surface area (Å²) in [6.07, 6.45) is 2.95. The second-order valence-electron chi connectivity index (χ2n) is 9.73. The Hall–Kier alpha value is -3.84. The van der Waals surface area contributed by atoms with Gasteiger partial charge in [0.15, 0.2) is 0 Å². The fourth-order valence-corrected chi connectivity index (χ4v) is 6.28. The number of hydrogen-bond acceptors (Lipinski definition) is 9. The maximum Gasteiger partial charge on any atom is 0.261 e. The van der Waals surface area contributed by atoms with Crippen LogP contribution >= 0.6 is 11.3 Å². The third-order valence-electron chi connectivity index (χ3n) is 6.71. The van der Waals surface area contributed by atoms with Gasteiger partial charge in [-0.25, -0.2) is 18.4 Å². The normalized spacial score (nSPS) is 14.5. The van der Waals surface area contributed by atoms with Gasteiger partial charge in [-0.3, -0.25) is 9.69 Å². The number of aromatic nitrogens is 2. The lowest BCUT2D eigenvalue weighted by atomic mass is 10.2. The molecule has 2 aromatic carbocycles. The fraction of sp³-hybridized carbons (Fsp3) is 0.276. The van der Waals surface area contributed by atoms with E-state index in [2.05, 4.69) is 37.6 Å². The molecule has 4 aromatic rings. The molecule has 1 saturated heterocycles. The van der Waals surface area contributed by atoms with Crippen molar-refractivity contribution in [3.05, 3.63) is 88.9 Å². The van der Waals surface area contributed by atoms with Crippen LogP contribution in [-0.4, -0.2) is 73.0 Å². The van der Waals surface area contributed by atoms with Gasteiger partial charge in [-0.1, -0.05) is 24.3 Å². The highest BCUT2D eigenvalue weighted by Gasteiger charge is 2.23. The number of piperazine rings is 1. The van der Waals surface area contributed by atoms with E-state index in [0.29, 0.717) is 43.5 Å². The van der Waals surface area contributed by atoms with Crippen molar-refractivity contribution >= 4 is 38.9 Å². The van der Waals surface area contributed by atoms with Crippen LogP contribution < -0.4 is 15.4 Å². The van der Waals surface area contributed by atoms with Crippen LogP contribution in [0.15, 0.2) is 72.9 Å². The number of hydrogen-bond donors (Lipinski definition) is 2. The van der Waals surface area contributed by atoms with Crippen molar-refractivity contribution in [2.45, 2.75) is 13.1 Å².